The van der Waals surface area contributed by atoms with Crippen LogP contribution in [0.4, 0.5) is 10.1 Å². The van der Waals surface area contributed by atoms with Crippen molar-refractivity contribution in [2.24, 2.45) is 0 Å². The highest BCUT2D eigenvalue weighted by Crippen LogP contribution is 2.28. The van der Waals surface area contributed by atoms with Gasteiger partial charge in [-0.2, -0.15) is 0 Å². The zero-order chi connectivity index (χ0) is 10.7. The third kappa shape index (κ3) is 2.34. The molecule has 0 N–H and O–H groups in total. The van der Waals surface area contributed by atoms with Gasteiger partial charge >= 0.3 is 0 Å². The van der Waals surface area contributed by atoms with E-state index in [2.05, 4.69) is 12.6 Å². The molecule has 0 aromatic heterocycles. The van der Waals surface area contributed by atoms with E-state index >= 15 is 0 Å². The number of nitrogens with zero attached hydrogens (tertiary/aromatic N) is 1. The summed E-state index contributed by atoms with van der Waals surface area (Å²) in [5.41, 5.74) is 0.560. The zero-order valence-electron chi connectivity index (χ0n) is 8.22. The van der Waals surface area contributed by atoms with E-state index in [-0.39, 0.29) is 5.82 Å². The van der Waals surface area contributed by atoms with Crippen molar-refractivity contribution < 1.29 is 4.39 Å². The first-order valence-electron chi connectivity index (χ1n) is 4.53. The zero-order valence-corrected chi connectivity index (χ0v) is 9.87. The lowest BCUT2D eigenvalue weighted by molar-refractivity contribution is 0.619. The number of hydrogen-bond donors (Lipinski definition) is 1. The first-order chi connectivity index (χ1) is 6.60. The minimum atomic E-state index is -0.295. The highest BCUT2D eigenvalue weighted by Gasteiger charge is 2.10. The minimum Gasteiger partial charge on any atom is -0.370 e. The normalized spacial score (nSPS) is 10.4. The van der Waals surface area contributed by atoms with Gasteiger partial charge in [0.1, 0.15) is 5.82 Å². The van der Waals surface area contributed by atoms with Crippen LogP contribution < -0.4 is 4.90 Å². The summed E-state index contributed by atoms with van der Waals surface area (Å²) in [6.45, 7) is 5.50. The van der Waals surface area contributed by atoms with Gasteiger partial charge in [0, 0.05) is 18.0 Å². The van der Waals surface area contributed by atoms with E-state index in [0.717, 1.165) is 13.1 Å². The first kappa shape index (κ1) is 11.7. The maximum Gasteiger partial charge on any atom is 0.148 e. The highest BCUT2D eigenvalue weighted by atomic mass is 35.5. The van der Waals surface area contributed by atoms with Crippen LogP contribution in [-0.2, 0) is 0 Å². The molecule has 0 bridgehead atoms. The van der Waals surface area contributed by atoms with Crippen molar-refractivity contribution in [3.05, 3.63) is 23.0 Å². The molecule has 0 unspecified atom stereocenters. The van der Waals surface area contributed by atoms with Crippen molar-refractivity contribution in [2.45, 2.75) is 18.7 Å². The van der Waals surface area contributed by atoms with Crippen LogP contribution in [0.25, 0.3) is 0 Å². The summed E-state index contributed by atoms with van der Waals surface area (Å²) in [5.74, 6) is -0.295. The number of rotatable bonds is 3. The predicted octanol–water partition coefficient (Wildman–Crippen LogP) is 3.61. The van der Waals surface area contributed by atoms with Crippen LogP contribution in [0.5, 0.6) is 0 Å². The lowest BCUT2D eigenvalue weighted by Crippen LogP contribution is -2.22. The molecule has 4 heteroatoms. The average Bonchev–Trinajstić information content (AvgIpc) is 2.15. The SMILES string of the molecule is CCN(CC)c1cc(S)c(Cl)cc1F. The first-order valence-corrected chi connectivity index (χ1v) is 5.35. The van der Waals surface area contributed by atoms with Gasteiger partial charge in [-0.05, 0) is 26.0 Å². The van der Waals surface area contributed by atoms with Gasteiger partial charge < -0.3 is 4.90 Å². The van der Waals surface area contributed by atoms with Gasteiger partial charge in [0.2, 0.25) is 0 Å². The summed E-state index contributed by atoms with van der Waals surface area (Å²) in [6, 6.07) is 2.96. The van der Waals surface area contributed by atoms with Gasteiger partial charge in [0.05, 0.1) is 10.7 Å². The molecule has 14 heavy (non-hydrogen) atoms. The molecule has 0 fully saturated rings. The Hall–Kier alpha value is -0.410. The van der Waals surface area contributed by atoms with Gasteiger partial charge in [-0.3, -0.25) is 0 Å². The molecular formula is C10H13ClFNS. The molecular weight excluding hydrogens is 221 g/mol. The number of anilines is 1. The molecule has 1 rings (SSSR count). The van der Waals surface area contributed by atoms with Crippen LogP contribution in [-0.4, -0.2) is 13.1 Å². The van der Waals surface area contributed by atoms with Crippen LogP contribution in [0.3, 0.4) is 0 Å². The lowest BCUT2D eigenvalue weighted by Gasteiger charge is -2.22. The summed E-state index contributed by atoms with van der Waals surface area (Å²) in [6.07, 6.45) is 0. The number of halogens is 2. The van der Waals surface area contributed by atoms with Crippen molar-refractivity contribution in [2.75, 3.05) is 18.0 Å². The molecule has 0 radical (unpaired) electrons. The van der Waals surface area contributed by atoms with E-state index in [4.69, 9.17) is 11.6 Å². The van der Waals surface area contributed by atoms with Gasteiger partial charge in [0.15, 0.2) is 0 Å². The summed E-state index contributed by atoms with van der Waals surface area (Å²) in [4.78, 5) is 2.53. The molecule has 0 heterocycles. The lowest BCUT2D eigenvalue weighted by atomic mass is 10.2. The Morgan fingerprint density at radius 3 is 2.43 bits per heavy atom. The van der Waals surface area contributed by atoms with Gasteiger partial charge in [-0.25, -0.2) is 4.39 Å². The van der Waals surface area contributed by atoms with Crippen LogP contribution in [0.1, 0.15) is 13.8 Å². The molecule has 0 saturated carbocycles. The van der Waals surface area contributed by atoms with E-state index in [1.807, 2.05) is 18.7 Å². The Labute approximate surface area is 94.3 Å². The van der Waals surface area contributed by atoms with E-state index in [9.17, 15) is 4.39 Å². The molecule has 0 spiro atoms. The molecule has 0 aliphatic heterocycles. The van der Waals surface area contributed by atoms with Crippen molar-refractivity contribution in [3.63, 3.8) is 0 Å². The van der Waals surface area contributed by atoms with Crippen molar-refractivity contribution in [1.29, 1.82) is 0 Å². The predicted molar refractivity (Wildman–Crippen MR) is 62.2 cm³/mol. The molecule has 1 nitrogen and oxygen atoms in total. The number of benzene rings is 1. The van der Waals surface area contributed by atoms with Gasteiger partial charge in [-0.15, -0.1) is 12.6 Å². The van der Waals surface area contributed by atoms with E-state index in [1.54, 1.807) is 6.07 Å². The monoisotopic (exact) mass is 233 g/mol. The molecule has 0 aliphatic carbocycles. The van der Waals surface area contributed by atoms with Crippen LogP contribution in [0, 0.1) is 5.82 Å². The van der Waals surface area contributed by atoms with Gasteiger partial charge in [-0.1, -0.05) is 11.6 Å². The summed E-state index contributed by atoms with van der Waals surface area (Å²) in [5, 5.41) is 0.349. The topological polar surface area (TPSA) is 3.24 Å². The molecule has 0 atom stereocenters. The van der Waals surface area contributed by atoms with Crippen molar-refractivity contribution in [3.8, 4) is 0 Å². The molecule has 0 saturated heterocycles. The van der Waals surface area contributed by atoms with Crippen molar-refractivity contribution in [1.82, 2.24) is 0 Å². The second-order valence-electron chi connectivity index (χ2n) is 2.93. The Kier molecular flexibility index (Phi) is 4.08. The summed E-state index contributed by atoms with van der Waals surface area (Å²) >= 11 is 9.90. The molecule has 0 aliphatic rings. The van der Waals surface area contributed by atoms with Crippen LogP contribution >= 0.6 is 24.2 Å². The third-order valence-corrected chi connectivity index (χ3v) is 2.93. The second-order valence-corrected chi connectivity index (χ2v) is 3.82. The van der Waals surface area contributed by atoms with Crippen LogP contribution in [0.2, 0.25) is 5.02 Å². The maximum atomic E-state index is 13.5. The third-order valence-electron chi connectivity index (χ3n) is 2.12. The Balaban J connectivity index is 3.14. The highest BCUT2D eigenvalue weighted by molar-refractivity contribution is 7.80. The smallest absolute Gasteiger partial charge is 0.148 e. The molecule has 0 amide bonds. The van der Waals surface area contributed by atoms with E-state index in [0.29, 0.717) is 15.6 Å². The quantitative estimate of drug-likeness (QED) is 0.781. The Morgan fingerprint density at radius 2 is 1.93 bits per heavy atom. The van der Waals surface area contributed by atoms with Gasteiger partial charge in [0.25, 0.3) is 0 Å². The Morgan fingerprint density at radius 1 is 1.36 bits per heavy atom. The summed E-state index contributed by atoms with van der Waals surface area (Å²) < 4.78 is 13.5. The standard InChI is InChI=1S/C10H13ClFNS/c1-3-13(4-2)9-6-10(14)7(11)5-8(9)12/h5-6,14H,3-4H2,1-2H3. The Bertz CT molecular complexity index is 326. The molecule has 1 aromatic carbocycles. The minimum absolute atomic E-state index is 0.295. The number of thiol groups is 1. The average molecular weight is 234 g/mol. The molecule has 1 aromatic rings. The molecule has 78 valence electrons. The number of hydrogen-bond acceptors (Lipinski definition) is 2. The largest absolute Gasteiger partial charge is 0.370 e. The fourth-order valence-electron chi connectivity index (χ4n) is 1.33. The van der Waals surface area contributed by atoms with Crippen LogP contribution in [0.15, 0.2) is 17.0 Å². The fraction of sp³-hybridized carbons (Fsp3) is 0.400. The maximum absolute atomic E-state index is 13.5. The fourth-order valence-corrected chi connectivity index (χ4v) is 1.67. The van der Waals surface area contributed by atoms with E-state index < -0.39 is 0 Å². The second kappa shape index (κ2) is 4.89. The van der Waals surface area contributed by atoms with Crippen molar-refractivity contribution >= 4 is 29.9 Å². The van der Waals surface area contributed by atoms with E-state index in [1.165, 1.54) is 6.07 Å². The summed E-state index contributed by atoms with van der Waals surface area (Å²) in [7, 11) is 0.